The molecule has 1 aromatic rings. The van der Waals surface area contributed by atoms with Crippen LogP contribution in [0.1, 0.15) is 12.8 Å². The van der Waals surface area contributed by atoms with Gasteiger partial charge in [0, 0.05) is 24.7 Å². The van der Waals surface area contributed by atoms with Gasteiger partial charge in [0.05, 0.1) is 4.90 Å². The van der Waals surface area contributed by atoms with E-state index in [1.54, 1.807) is 24.3 Å². The molecule has 0 bridgehead atoms. The van der Waals surface area contributed by atoms with Crippen molar-refractivity contribution in [1.82, 2.24) is 4.72 Å². The first-order valence-corrected chi connectivity index (χ1v) is 8.75. The lowest BCUT2D eigenvalue weighted by atomic mass is 10.0. The monoisotopic (exact) mass is 337 g/mol. The van der Waals surface area contributed by atoms with Crippen molar-refractivity contribution in [2.45, 2.75) is 17.7 Å². The van der Waals surface area contributed by atoms with Gasteiger partial charge in [0.1, 0.15) is 0 Å². The van der Waals surface area contributed by atoms with Crippen molar-refractivity contribution in [1.29, 1.82) is 0 Å². The molecule has 0 spiro atoms. The van der Waals surface area contributed by atoms with E-state index < -0.39 is 10.0 Å². The lowest BCUT2D eigenvalue weighted by molar-refractivity contribution is -0.119. The van der Waals surface area contributed by atoms with Crippen molar-refractivity contribution in [3.63, 3.8) is 0 Å². The topological polar surface area (TPSA) is 101 Å². The number of nitrogens with two attached hydrogens (primary N) is 1. The summed E-state index contributed by atoms with van der Waals surface area (Å²) in [5.74, 6) is -0.477. The third kappa shape index (κ3) is 5.97. The highest BCUT2D eigenvalue weighted by molar-refractivity contribution is 7.89. The van der Waals surface area contributed by atoms with Crippen molar-refractivity contribution in [3.05, 3.63) is 49.6 Å². The number of anilines is 1. The second kappa shape index (κ2) is 9.24. The van der Waals surface area contributed by atoms with E-state index in [0.29, 0.717) is 18.5 Å². The minimum atomic E-state index is -3.64. The SMILES string of the molecule is C=CCC(CC=C)C(=O)Nc1cccc(S(=O)(=O)NCCN)c1. The smallest absolute Gasteiger partial charge is 0.240 e. The highest BCUT2D eigenvalue weighted by Gasteiger charge is 2.17. The molecule has 0 aliphatic carbocycles. The molecule has 0 atom stereocenters. The first-order valence-electron chi connectivity index (χ1n) is 7.27. The van der Waals surface area contributed by atoms with E-state index >= 15 is 0 Å². The van der Waals surface area contributed by atoms with Crippen LogP contribution in [0.3, 0.4) is 0 Å². The summed E-state index contributed by atoms with van der Waals surface area (Å²) in [6.45, 7) is 7.63. The Morgan fingerprint density at radius 3 is 2.48 bits per heavy atom. The molecular formula is C16H23N3O3S. The van der Waals surface area contributed by atoms with Crippen LogP contribution in [-0.2, 0) is 14.8 Å². The zero-order valence-electron chi connectivity index (χ0n) is 13.0. The average Bonchev–Trinajstić information content (AvgIpc) is 2.53. The summed E-state index contributed by atoms with van der Waals surface area (Å²) in [4.78, 5) is 12.3. The van der Waals surface area contributed by atoms with Gasteiger partial charge in [-0.25, -0.2) is 13.1 Å². The van der Waals surface area contributed by atoms with Crippen LogP contribution in [0.5, 0.6) is 0 Å². The number of carbonyl (C=O) groups excluding carboxylic acids is 1. The van der Waals surface area contributed by atoms with Gasteiger partial charge in [0.15, 0.2) is 0 Å². The predicted octanol–water partition coefficient (Wildman–Crippen LogP) is 1.63. The van der Waals surface area contributed by atoms with Crippen molar-refractivity contribution >= 4 is 21.6 Å². The van der Waals surface area contributed by atoms with Gasteiger partial charge < -0.3 is 11.1 Å². The highest BCUT2D eigenvalue weighted by Crippen LogP contribution is 2.18. The highest BCUT2D eigenvalue weighted by atomic mass is 32.2. The van der Waals surface area contributed by atoms with E-state index in [1.165, 1.54) is 12.1 Å². The number of carbonyl (C=O) groups is 1. The van der Waals surface area contributed by atoms with Gasteiger partial charge in [-0.1, -0.05) is 18.2 Å². The summed E-state index contributed by atoms with van der Waals surface area (Å²) in [7, 11) is -3.64. The molecule has 1 aromatic carbocycles. The summed E-state index contributed by atoms with van der Waals surface area (Å²) in [5.41, 5.74) is 5.72. The summed E-state index contributed by atoms with van der Waals surface area (Å²) in [6.07, 6.45) is 4.39. The van der Waals surface area contributed by atoms with Crippen molar-refractivity contribution < 1.29 is 13.2 Å². The molecule has 7 heteroatoms. The molecule has 0 radical (unpaired) electrons. The maximum Gasteiger partial charge on any atom is 0.240 e. The molecule has 0 saturated heterocycles. The maximum absolute atomic E-state index is 12.2. The molecule has 23 heavy (non-hydrogen) atoms. The van der Waals surface area contributed by atoms with Crippen molar-refractivity contribution in [3.8, 4) is 0 Å². The first-order chi connectivity index (χ1) is 10.9. The summed E-state index contributed by atoms with van der Waals surface area (Å²) < 4.78 is 26.5. The standard InChI is InChI=1S/C16H23N3O3S/c1-3-6-13(7-4-2)16(20)19-14-8-5-9-15(12-14)23(21,22)18-11-10-17/h3-5,8-9,12-13,18H,1-2,6-7,10-11,17H2,(H,19,20). The Kier molecular flexibility index (Phi) is 7.67. The van der Waals surface area contributed by atoms with Crippen LogP contribution in [0.25, 0.3) is 0 Å². The molecule has 4 N–H and O–H groups in total. The third-order valence-electron chi connectivity index (χ3n) is 3.12. The molecular weight excluding hydrogens is 314 g/mol. The van der Waals surface area contributed by atoms with E-state index in [0.717, 1.165) is 0 Å². The first kappa shape index (κ1) is 19.1. The van der Waals surface area contributed by atoms with E-state index in [9.17, 15) is 13.2 Å². The lowest BCUT2D eigenvalue weighted by Gasteiger charge is -2.14. The molecule has 126 valence electrons. The fourth-order valence-corrected chi connectivity index (χ4v) is 3.07. The van der Waals surface area contributed by atoms with Gasteiger partial charge >= 0.3 is 0 Å². The van der Waals surface area contributed by atoms with Gasteiger partial charge in [-0.15, -0.1) is 13.2 Å². The molecule has 0 heterocycles. The van der Waals surface area contributed by atoms with E-state index in [1.807, 2.05) is 0 Å². The summed E-state index contributed by atoms with van der Waals surface area (Å²) >= 11 is 0. The number of hydrogen-bond donors (Lipinski definition) is 3. The number of benzene rings is 1. The second-order valence-corrected chi connectivity index (χ2v) is 6.72. The molecule has 1 amide bonds. The van der Waals surface area contributed by atoms with E-state index in [4.69, 9.17) is 5.73 Å². The molecule has 1 rings (SSSR count). The fourth-order valence-electron chi connectivity index (χ4n) is 1.97. The van der Waals surface area contributed by atoms with E-state index in [-0.39, 0.29) is 29.8 Å². The Labute approximate surface area is 137 Å². The second-order valence-electron chi connectivity index (χ2n) is 4.95. The lowest BCUT2D eigenvalue weighted by Crippen LogP contribution is -2.29. The number of nitrogens with one attached hydrogen (secondary N) is 2. The predicted molar refractivity (Wildman–Crippen MR) is 92.4 cm³/mol. The molecule has 6 nitrogen and oxygen atoms in total. The van der Waals surface area contributed by atoms with Crippen molar-refractivity contribution in [2.24, 2.45) is 11.7 Å². The molecule has 0 unspecified atom stereocenters. The minimum Gasteiger partial charge on any atom is -0.329 e. The number of allylic oxidation sites excluding steroid dienone is 2. The summed E-state index contributed by atoms with van der Waals surface area (Å²) in [5, 5.41) is 2.73. The van der Waals surface area contributed by atoms with Gasteiger partial charge in [0.2, 0.25) is 15.9 Å². The van der Waals surface area contributed by atoms with Crippen molar-refractivity contribution in [2.75, 3.05) is 18.4 Å². The van der Waals surface area contributed by atoms with Gasteiger partial charge in [-0.2, -0.15) is 0 Å². The van der Waals surface area contributed by atoms with Crippen LogP contribution >= 0.6 is 0 Å². The molecule has 0 aromatic heterocycles. The Balaban J connectivity index is 2.90. The maximum atomic E-state index is 12.2. The third-order valence-corrected chi connectivity index (χ3v) is 4.58. The molecule has 0 aliphatic heterocycles. The van der Waals surface area contributed by atoms with Crippen LogP contribution < -0.4 is 15.8 Å². The molecule has 0 fully saturated rings. The number of amides is 1. The number of rotatable bonds is 10. The normalized spacial score (nSPS) is 11.2. The molecule has 0 aliphatic rings. The largest absolute Gasteiger partial charge is 0.329 e. The Morgan fingerprint density at radius 2 is 1.91 bits per heavy atom. The minimum absolute atomic E-state index is 0.0766. The Bertz CT molecular complexity index is 646. The zero-order valence-corrected chi connectivity index (χ0v) is 13.8. The van der Waals surface area contributed by atoms with E-state index in [2.05, 4.69) is 23.2 Å². The van der Waals surface area contributed by atoms with Crippen LogP contribution in [0.2, 0.25) is 0 Å². The number of hydrogen-bond acceptors (Lipinski definition) is 4. The Hall–Kier alpha value is -1.96. The van der Waals surface area contributed by atoms with Gasteiger partial charge in [-0.05, 0) is 31.0 Å². The van der Waals surface area contributed by atoms with Crippen LogP contribution in [-0.4, -0.2) is 27.4 Å². The van der Waals surface area contributed by atoms with Crippen LogP contribution in [0.4, 0.5) is 5.69 Å². The molecule has 0 saturated carbocycles. The van der Waals surface area contributed by atoms with Crippen LogP contribution in [0.15, 0.2) is 54.5 Å². The number of sulfonamides is 1. The summed E-state index contributed by atoms with van der Waals surface area (Å²) in [6, 6.07) is 6.08. The average molecular weight is 337 g/mol. The van der Waals surface area contributed by atoms with Crippen LogP contribution in [0, 0.1) is 5.92 Å². The zero-order chi connectivity index (χ0) is 17.3. The Morgan fingerprint density at radius 1 is 1.26 bits per heavy atom. The van der Waals surface area contributed by atoms with Gasteiger partial charge in [0.25, 0.3) is 0 Å². The van der Waals surface area contributed by atoms with Gasteiger partial charge in [-0.3, -0.25) is 4.79 Å². The quantitative estimate of drug-likeness (QED) is 0.565. The fraction of sp³-hybridized carbons (Fsp3) is 0.312.